The number of anilines is 1. The molecule has 6 rings (SSSR count). The van der Waals surface area contributed by atoms with Gasteiger partial charge in [-0.25, -0.2) is 0 Å². The van der Waals surface area contributed by atoms with Crippen molar-refractivity contribution in [1.82, 2.24) is 14.8 Å². The van der Waals surface area contributed by atoms with Crippen molar-refractivity contribution in [2.24, 2.45) is 5.92 Å². The maximum absolute atomic E-state index is 14.2. The molecule has 1 aliphatic carbocycles. The number of carbonyl (C=O) groups is 3. The van der Waals surface area contributed by atoms with E-state index in [4.69, 9.17) is 4.74 Å². The Labute approximate surface area is 233 Å². The van der Waals surface area contributed by atoms with Gasteiger partial charge in [-0.2, -0.15) is 5.26 Å². The topological polar surface area (TPSA) is 119 Å². The summed E-state index contributed by atoms with van der Waals surface area (Å²) in [5, 5.41) is 13.8. The number of likely N-dealkylation sites (tertiary alicyclic amines) is 1. The number of nitriles is 1. The molecule has 9 heteroatoms. The highest BCUT2D eigenvalue weighted by molar-refractivity contribution is 6.07. The Kier molecular flexibility index (Phi) is 6.29. The molecule has 3 aliphatic rings. The summed E-state index contributed by atoms with van der Waals surface area (Å²) < 4.78 is 6.03. The van der Waals surface area contributed by atoms with Crippen LogP contribution in [-0.4, -0.2) is 64.3 Å². The van der Waals surface area contributed by atoms with Crippen LogP contribution in [0.4, 0.5) is 5.69 Å². The third-order valence-electron chi connectivity index (χ3n) is 8.36. The van der Waals surface area contributed by atoms with Crippen molar-refractivity contribution < 1.29 is 19.1 Å². The first-order valence-electron chi connectivity index (χ1n) is 13.9. The van der Waals surface area contributed by atoms with E-state index in [9.17, 15) is 19.6 Å². The predicted octanol–water partition coefficient (Wildman–Crippen LogP) is 4.21. The second-order valence-electron chi connectivity index (χ2n) is 11.7. The van der Waals surface area contributed by atoms with E-state index in [-0.39, 0.29) is 42.7 Å². The smallest absolute Gasteiger partial charge is 0.270 e. The molecule has 1 unspecified atom stereocenters. The molecule has 9 nitrogen and oxygen atoms in total. The van der Waals surface area contributed by atoms with Crippen LogP contribution in [0.25, 0.3) is 10.9 Å². The molecule has 1 saturated heterocycles. The Hall–Kier alpha value is -4.32. The summed E-state index contributed by atoms with van der Waals surface area (Å²) in [5.41, 5.74) is 1.70. The molecule has 0 radical (unpaired) electrons. The van der Waals surface area contributed by atoms with Crippen LogP contribution in [0, 0.1) is 17.2 Å². The summed E-state index contributed by atoms with van der Waals surface area (Å²) in [6.07, 6.45) is 2.92. The highest BCUT2D eigenvalue weighted by Gasteiger charge is 2.56. The maximum Gasteiger partial charge on any atom is 0.270 e. The molecule has 1 spiro atoms. The lowest BCUT2D eigenvalue weighted by Gasteiger charge is -2.33. The number of para-hydroxylation sites is 1. The molecule has 2 fully saturated rings. The van der Waals surface area contributed by atoms with E-state index in [1.165, 1.54) is 9.80 Å². The van der Waals surface area contributed by atoms with Crippen LogP contribution >= 0.6 is 0 Å². The lowest BCUT2D eigenvalue weighted by atomic mass is 9.80. The van der Waals surface area contributed by atoms with Gasteiger partial charge >= 0.3 is 0 Å². The van der Waals surface area contributed by atoms with E-state index in [0.29, 0.717) is 17.8 Å². The number of hydrogen-bond donors (Lipinski definition) is 2. The number of rotatable bonds is 7. The SMILES string of the molecule is CC(C)CC(C(=O)N1C[C@]2(C[C@H]1C#N)C(=O)Nc1ccccc12)N(C)C(=O)c1cc2c(OC3CC3)cccc2[nH]1. The molecule has 0 bridgehead atoms. The molecule has 3 heterocycles. The van der Waals surface area contributed by atoms with E-state index >= 15 is 0 Å². The molecule has 2 aliphatic heterocycles. The van der Waals surface area contributed by atoms with Crippen LogP contribution in [-0.2, 0) is 15.0 Å². The van der Waals surface area contributed by atoms with Crippen LogP contribution in [0.2, 0.25) is 0 Å². The van der Waals surface area contributed by atoms with Gasteiger partial charge in [0.05, 0.1) is 17.6 Å². The number of fused-ring (bicyclic) bond motifs is 3. The quantitative estimate of drug-likeness (QED) is 0.466. The fourth-order valence-corrected chi connectivity index (χ4v) is 6.09. The Morgan fingerprint density at radius 3 is 2.70 bits per heavy atom. The van der Waals surface area contributed by atoms with Gasteiger partial charge in [-0.3, -0.25) is 14.4 Å². The van der Waals surface area contributed by atoms with Crippen LogP contribution in [0.3, 0.4) is 0 Å². The summed E-state index contributed by atoms with van der Waals surface area (Å²) in [6, 6.07) is 15.6. The molecular weight excluding hydrogens is 506 g/mol. The Morgan fingerprint density at radius 1 is 1.20 bits per heavy atom. The number of ether oxygens (including phenoxy) is 1. The number of nitrogens with one attached hydrogen (secondary N) is 2. The van der Waals surface area contributed by atoms with Gasteiger partial charge in [0.15, 0.2) is 0 Å². The Morgan fingerprint density at radius 2 is 1.98 bits per heavy atom. The number of hydrogen-bond acceptors (Lipinski definition) is 5. The molecule has 2 aromatic carbocycles. The maximum atomic E-state index is 14.2. The minimum Gasteiger partial charge on any atom is -0.490 e. The zero-order chi connectivity index (χ0) is 28.2. The Bertz CT molecular complexity index is 1550. The molecule has 3 atom stereocenters. The first kappa shape index (κ1) is 25.9. The van der Waals surface area contributed by atoms with E-state index in [1.807, 2.05) is 56.3 Å². The van der Waals surface area contributed by atoms with Crippen LogP contribution in [0.1, 0.15) is 55.6 Å². The number of H-pyrrole nitrogens is 1. The number of benzene rings is 2. The number of amides is 3. The van der Waals surface area contributed by atoms with Gasteiger partial charge < -0.3 is 24.8 Å². The average Bonchev–Trinajstić information content (AvgIpc) is 3.40. The van der Waals surface area contributed by atoms with Crippen molar-refractivity contribution >= 4 is 34.3 Å². The van der Waals surface area contributed by atoms with Gasteiger partial charge in [-0.05, 0) is 55.0 Å². The monoisotopic (exact) mass is 539 g/mol. The molecule has 3 amide bonds. The van der Waals surface area contributed by atoms with Crippen molar-refractivity contribution in [3.63, 3.8) is 0 Å². The van der Waals surface area contributed by atoms with Gasteiger partial charge in [-0.1, -0.05) is 38.1 Å². The number of aromatic nitrogens is 1. The zero-order valence-electron chi connectivity index (χ0n) is 22.9. The molecule has 1 aromatic heterocycles. The number of nitrogens with zero attached hydrogens (tertiary/aromatic N) is 3. The minimum atomic E-state index is -0.979. The van der Waals surface area contributed by atoms with Crippen molar-refractivity contribution in [3.8, 4) is 11.8 Å². The fourth-order valence-electron chi connectivity index (χ4n) is 6.09. The minimum absolute atomic E-state index is 0.0950. The number of aromatic amines is 1. The second kappa shape index (κ2) is 9.70. The summed E-state index contributed by atoms with van der Waals surface area (Å²) in [7, 11) is 1.63. The van der Waals surface area contributed by atoms with Crippen molar-refractivity contribution in [1.29, 1.82) is 5.26 Å². The zero-order valence-corrected chi connectivity index (χ0v) is 22.9. The van der Waals surface area contributed by atoms with Gasteiger partial charge in [0, 0.05) is 36.6 Å². The number of likely N-dealkylation sites (N-methyl/N-ethyl adjacent to an activating group) is 1. The van der Waals surface area contributed by atoms with Crippen molar-refractivity contribution in [3.05, 3.63) is 59.8 Å². The van der Waals surface area contributed by atoms with Gasteiger partial charge in [0.1, 0.15) is 23.5 Å². The Balaban J connectivity index is 1.29. The number of carbonyl (C=O) groups excluding carboxylic acids is 3. The molecular formula is C31H33N5O4. The molecule has 3 aromatic rings. The highest BCUT2D eigenvalue weighted by Crippen LogP contribution is 2.46. The van der Waals surface area contributed by atoms with Gasteiger partial charge in [0.2, 0.25) is 11.8 Å². The average molecular weight is 540 g/mol. The highest BCUT2D eigenvalue weighted by atomic mass is 16.5. The lowest BCUT2D eigenvalue weighted by molar-refractivity contribution is -0.136. The molecule has 1 saturated carbocycles. The predicted molar refractivity (Wildman–Crippen MR) is 150 cm³/mol. The van der Waals surface area contributed by atoms with Crippen molar-refractivity contribution in [2.45, 2.75) is 63.1 Å². The van der Waals surface area contributed by atoms with E-state index in [2.05, 4.69) is 16.4 Å². The first-order chi connectivity index (χ1) is 19.2. The van der Waals surface area contributed by atoms with E-state index < -0.39 is 17.5 Å². The van der Waals surface area contributed by atoms with Crippen LogP contribution < -0.4 is 10.1 Å². The fraction of sp³-hybridized carbons (Fsp3) is 0.419. The van der Waals surface area contributed by atoms with Crippen LogP contribution in [0.15, 0.2) is 48.5 Å². The lowest BCUT2D eigenvalue weighted by Crippen LogP contribution is -2.52. The summed E-state index contributed by atoms with van der Waals surface area (Å²) in [6.45, 7) is 4.09. The third kappa shape index (κ3) is 4.28. The third-order valence-corrected chi connectivity index (χ3v) is 8.36. The van der Waals surface area contributed by atoms with Crippen LogP contribution in [0.5, 0.6) is 5.75 Å². The molecule has 206 valence electrons. The van der Waals surface area contributed by atoms with Crippen molar-refractivity contribution in [2.75, 3.05) is 18.9 Å². The normalized spacial score (nSPS) is 22.3. The summed E-state index contributed by atoms with van der Waals surface area (Å²) in [5.74, 6) is 0.00882. The summed E-state index contributed by atoms with van der Waals surface area (Å²) >= 11 is 0. The van der Waals surface area contributed by atoms with E-state index in [0.717, 1.165) is 35.1 Å². The first-order valence-corrected chi connectivity index (χ1v) is 13.9. The molecule has 40 heavy (non-hydrogen) atoms. The van der Waals surface area contributed by atoms with Gasteiger partial charge in [0.25, 0.3) is 5.91 Å². The summed E-state index contributed by atoms with van der Waals surface area (Å²) in [4.78, 5) is 47.3. The largest absolute Gasteiger partial charge is 0.490 e. The standard InChI is InChI=1S/C31H33N5O4/c1-18(2)13-26(35(3)28(37)25-14-21-23(33-25)9-6-10-27(21)40-20-11-12-20)29(38)36-17-31(15-19(36)16-32)22-7-4-5-8-24(22)34-30(31)39/h4-10,14,18-20,26,33H,11-13,15,17H2,1-3H3,(H,34,39)/t19-,26?,31-/m0/s1. The van der Waals surface area contributed by atoms with Gasteiger partial charge in [-0.15, -0.1) is 0 Å². The van der Waals surface area contributed by atoms with E-state index in [1.54, 1.807) is 13.1 Å². The second-order valence-corrected chi connectivity index (χ2v) is 11.7. The molecule has 2 N–H and O–H groups in total.